The molecule has 4 aliphatic heterocycles. The lowest BCUT2D eigenvalue weighted by Gasteiger charge is -2.39. The summed E-state index contributed by atoms with van der Waals surface area (Å²) in [6.07, 6.45) is 2.23. The summed E-state index contributed by atoms with van der Waals surface area (Å²) in [5.74, 6) is -11.2. The van der Waals surface area contributed by atoms with Crippen LogP contribution in [0.1, 0.15) is 224 Å². The summed E-state index contributed by atoms with van der Waals surface area (Å²) in [6, 6.07) is 6.41. The Balaban J connectivity index is 0.000000191. The molecule has 0 amide bonds. The lowest BCUT2D eigenvalue weighted by Crippen LogP contribution is -2.42. The van der Waals surface area contributed by atoms with Gasteiger partial charge in [0.1, 0.15) is 69.5 Å². The zero-order valence-corrected chi connectivity index (χ0v) is 66.8. The number of benzene rings is 4. The van der Waals surface area contributed by atoms with Gasteiger partial charge in [-0.05, 0) is 156 Å². The molecule has 28 heteroatoms. The summed E-state index contributed by atoms with van der Waals surface area (Å²) in [4.78, 5) is 0. The third-order valence-corrected chi connectivity index (χ3v) is 24.0. The van der Waals surface area contributed by atoms with Gasteiger partial charge in [0, 0.05) is 118 Å². The van der Waals surface area contributed by atoms with E-state index in [4.69, 9.17) is 56.8 Å². The van der Waals surface area contributed by atoms with Crippen molar-refractivity contribution in [1.29, 1.82) is 0 Å². The van der Waals surface area contributed by atoms with E-state index in [-0.39, 0.29) is 130 Å². The van der Waals surface area contributed by atoms with Crippen LogP contribution in [0.4, 0.5) is 70.2 Å². The van der Waals surface area contributed by atoms with Gasteiger partial charge in [-0.15, -0.1) is 0 Å². The molecule has 652 valence electrons. The van der Waals surface area contributed by atoms with Gasteiger partial charge in [0.05, 0.1) is 76.5 Å². The Kier molecular flexibility index (Phi) is 36.6. The van der Waals surface area contributed by atoms with Gasteiger partial charge in [0.25, 0.3) is 0 Å². The van der Waals surface area contributed by atoms with Crippen molar-refractivity contribution in [1.82, 2.24) is 0 Å². The number of hydrogen-bond acceptors (Lipinski definition) is 12. The molecule has 4 saturated carbocycles. The van der Waals surface area contributed by atoms with E-state index in [1.54, 1.807) is 0 Å². The van der Waals surface area contributed by atoms with Crippen LogP contribution in [-0.4, -0.2) is 102 Å². The molecule has 0 spiro atoms. The molecule has 115 heavy (non-hydrogen) atoms. The minimum atomic E-state index is -3.49. The fourth-order valence-corrected chi connectivity index (χ4v) is 16.2. The molecule has 8 aliphatic rings. The predicted octanol–water partition coefficient (Wildman–Crippen LogP) is 24.8. The van der Waals surface area contributed by atoms with Crippen molar-refractivity contribution in [2.45, 2.75) is 279 Å². The molecule has 0 N–H and O–H groups in total. The van der Waals surface area contributed by atoms with E-state index in [2.05, 4.69) is 27.7 Å². The lowest BCUT2D eigenvalue weighted by atomic mass is 9.80. The first-order valence-electron chi connectivity index (χ1n) is 41.2. The van der Waals surface area contributed by atoms with Crippen LogP contribution in [0.3, 0.4) is 0 Å². The van der Waals surface area contributed by atoms with E-state index >= 15 is 0 Å². The average molecular weight is 1660 g/mol. The zero-order chi connectivity index (χ0) is 82.7. The molecule has 12 rings (SSSR count). The maximum absolute atomic E-state index is 14.6. The van der Waals surface area contributed by atoms with Crippen LogP contribution in [-0.2, 0) is 37.9 Å². The lowest BCUT2D eigenvalue weighted by molar-refractivity contribution is -0.248. The third kappa shape index (κ3) is 27.3. The van der Waals surface area contributed by atoms with E-state index in [9.17, 15) is 70.2 Å². The van der Waals surface area contributed by atoms with Gasteiger partial charge in [-0.2, -0.15) is 35.1 Å². The molecule has 0 atom stereocenters. The summed E-state index contributed by atoms with van der Waals surface area (Å²) < 4.78 is 291. The number of halogens is 16. The van der Waals surface area contributed by atoms with E-state index in [1.165, 1.54) is 47.0 Å². The smallest absolute Gasteiger partial charge is 0.400 e. The van der Waals surface area contributed by atoms with Crippen molar-refractivity contribution in [3.05, 3.63) is 117 Å². The van der Waals surface area contributed by atoms with E-state index < -0.39 is 118 Å². The van der Waals surface area contributed by atoms with Crippen LogP contribution in [0.2, 0.25) is 0 Å². The normalized spacial score (nSPS) is 28.4. The SMILES string of the molecule is C.CCC1COC(C2CCC(C(F)(F)Oc3cc(F)c(C)c(F)c3)CC2)OC1.CCCC1COC(C2CCC(C(F)(F)Oc3cc(F)c(C)c(F)c3)CC2)OC1.CCCCC1COC(C2CCC(C(F)(F)Oc3cc(F)c(C)c(F)c3)CC2)OC1.CCCCCC1COC(C2CCC(C(F)(F)Oc3cc(F)c(C)c(F)c3)CC2)OC1. The molecule has 8 fully saturated rings. The molecule has 4 aliphatic carbocycles. The number of ether oxygens (including phenoxy) is 12. The highest BCUT2D eigenvalue weighted by Gasteiger charge is 2.50. The molecular formula is C87H120F16O12. The predicted molar refractivity (Wildman–Crippen MR) is 401 cm³/mol. The van der Waals surface area contributed by atoms with Crippen molar-refractivity contribution in [3.63, 3.8) is 0 Å². The van der Waals surface area contributed by atoms with Crippen molar-refractivity contribution in [2.24, 2.45) is 71.0 Å². The van der Waals surface area contributed by atoms with Gasteiger partial charge in [-0.25, -0.2) is 35.1 Å². The molecule has 4 aromatic carbocycles. The largest absolute Gasteiger partial charge is 0.432 e. The molecule has 0 bridgehead atoms. The summed E-state index contributed by atoms with van der Waals surface area (Å²) in [5.41, 5.74) is -0.870. The van der Waals surface area contributed by atoms with E-state index in [1.807, 2.05) is 0 Å². The maximum atomic E-state index is 14.6. The van der Waals surface area contributed by atoms with Crippen LogP contribution < -0.4 is 18.9 Å². The molecule has 0 aromatic heterocycles. The highest BCUT2D eigenvalue weighted by molar-refractivity contribution is 5.33. The van der Waals surface area contributed by atoms with Crippen LogP contribution >= 0.6 is 0 Å². The second kappa shape index (κ2) is 44.3. The monoisotopic (exact) mass is 1660 g/mol. The molecule has 4 aromatic rings. The first-order chi connectivity index (χ1) is 54.2. The fourth-order valence-electron chi connectivity index (χ4n) is 16.2. The Morgan fingerprint density at radius 1 is 0.278 bits per heavy atom. The Hall–Kier alpha value is -5.36. The second-order valence-corrected chi connectivity index (χ2v) is 32.6. The quantitative estimate of drug-likeness (QED) is 0.0441. The number of unbranched alkanes of at least 4 members (excludes halogenated alkanes) is 3. The minimum absolute atomic E-state index is 0. The number of rotatable bonds is 26. The summed E-state index contributed by atoms with van der Waals surface area (Å²) in [7, 11) is 0. The highest BCUT2D eigenvalue weighted by atomic mass is 19.3. The summed E-state index contributed by atoms with van der Waals surface area (Å²) in [5, 5.41) is 0. The maximum Gasteiger partial charge on any atom is 0.400 e. The molecule has 4 saturated heterocycles. The molecule has 0 radical (unpaired) electrons. The summed E-state index contributed by atoms with van der Waals surface area (Å²) >= 11 is 0. The molecule has 0 unspecified atom stereocenters. The Morgan fingerprint density at radius 2 is 0.478 bits per heavy atom. The van der Waals surface area contributed by atoms with Gasteiger partial charge in [-0.1, -0.05) is 73.6 Å². The Labute approximate surface area is 668 Å². The molecular weight excluding hydrogens is 1540 g/mol. The van der Waals surface area contributed by atoms with Crippen LogP contribution in [0.5, 0.6) is 23.0 Å². The van der Waals surface area contributed by atoms with Crippen LogP contribution in [0, 0.1) is 145 Å². The van der Waals surface area contributed by atoms with Gasteiger partial charge in [0.15, 0.2) is 25.2 Å². The number of alkyl halides is 8. The first-order valence-corrected chi connectivity index (χ1v) is 41.2. The average Bonchev–Trinajstić information content (AvgIpc) is 0.818. The third-order valence-electron chi connectivity index (χ3n) is 24.0. The Bertz CT molecular complexity index is 3460. The van der Waals surface area contributed by atoms with Crippen molar-refractivity contribution >= 4 is 0 Å². The van der Waals surface area contributed by atoms with Gasteiger partial charge >= 0.3 is 24.4 Å². The standard InChI is InChI=1S/C23H32F4O3.C22H30F4O3.C21H28F4O3.C20H26F4O3.CH4/c1-3-4-5-6-16-13-28-22(29-14-16)17-7-9-18(10-8-17)23(26,27)30-19-11-20(24)15(2)21(25)12-19;1-3-4-5-15-12-27-21(28-13-15)16-6-8-17(9-7-16)22(25,26)29-18-10-19(23)14(2)20(24)11-18;1-3-4-14-11-26-20(27-12-14)15-5-7-16(8-6-15)21(24,25)28-17-9-18(22)13(2)19(23)10-17;1-3-13-10-25-19(26-11-13)14-4-6-15(7-5-14)20(23,24)27-16-8-17(21)12(2)18(22)9-16;/h11-12,16-18,22H,3-10,13-14H2,1-2H3;10-11,15-17,21H,3-9,12-13H2,1-2H3;9-10,14-16,20H,3-8,11-12H2,1-2H3;8-9,13-15,19H,3-7,10-11H2,1-2H3;1H4. The summed E-state index contributed by atoms with van der Waals surface area (Å²) in [6.45, 7) is 18.8. The van der Waals surface area contributed by atoms with E-state index in [0.29, 0.717) is 128 Å². The van der Waals surface area contributed by atoms with Crippen LogP contribution in [0.15, 0.2) is 48.5 Å². The second-order valence-electron chi connectivity index (χ2n) is 32.6. The van der Waals surface area contributed by atoms with Crippen LogP contribution in [0.25, 0.3) is 0 Å². The van der Waals surface area contributed by atoms with Crippen molar-refractivity contribution in [2.75, 3.05) is 52.9 Å². The van der Waals surface area contributed by atoms with Crippen molar-refractivity contribution in [3.8, 4) is 23.0 Å². The first kappa shape index (κ1) is 95.1. The minimum Gasteiger partial charge on any atom is -0.432 e. The van der Waals surface area contributed by atoms with Gasteiger partial charge in [0.2, 0.25) is 0 Å². The zero-order valence-electron chi connectivity index (χ0n) is 66.8. The highest BCUT2D eigenvalue weighted by Crippen LogP contribution is 2.48. The fraction of sp³-hybridized carbons (Fsp3) is 0.724. The molecule has 4 heterocycles. The molecule has 12 nitrogen and oxygen atoms in total. The number of hydrogen-bond donors (Lipinski definition) is 0. The topological polar surface area (TPSA) is 111 Å². The van der Waals surface area contributed by atoms with E-state index in [0.717, 1.165) is 93.5 Å². The van der Waals surface area contributed by atoms with Crippen molar-refractivity contribution < 1.29 is 127 Å². The van der Waals surface area contributed by atoms with Gasteiger partial charge < -0.3 is 56.8 Å². The Morgan fingerprint density at radius 3 is 0.678 bits per heavy atom. The van der Waals surface area contributed by atoms with Gasteiger partial charge in [-0.3, -0.25) is 0 Å².